The maximum Gasteiger partial charge on any atom is 0.340 e. The maximum atomic E-state index is 14.5. The topological polar surface area (TPSA) is 121 Å². The summed E-state index contributed by atoms with van der Waals surface area (Å²) >= 11 is 8.06. The van der Waals surface area contributed by atoms with Gasteiger partial charge in [0.15, 0.2) is 17.5 Å². The molecule has 134 valence electrons. The zero-order valence-corrected chi connectivity index (χ0v) is 15.4. The summed E-state index contributed by atoms with van der Waals surface area (Å²) in [5.74, 6) is -6.03. The predicted octanol–water partition coefficient (Wildman–Crippen LogP) is 3.64. The van der Waals surface area contributed by atoms with E-state index in [1.807, 2.05) is 22.6 Å². The van der Waals surface area contributed by atoms with Crippen LogP contribution < -0.4 is 11.1 Å². The summed E-state index contributed by atoms with van der Waals surface area (Å²) in [6.07, 6.45) is 0. The molecule has 0 unspecified atom stereocenters. The Bertz CT molecular complexity index is 1090. The SMILES string of the molecule is NC(=O)c1nc2c(F)c(F)c(Nc3ccc(I)cc3Cl)c(C(=O)O)c2[nH]1. The van der Waals surface area contributed by atoms with Crippen molar-refractivity contribution in [2.45, 2.75) is 0 Å². The molecule has 1 heterocycles. The number of carbonyl (C=O) groups excluding carboxylic acids is 1. The molecular weight excluding hydrogens is 485 g/mol. The number of hydrogen-bond acceptors (Lipinski definition) is 4. The highest BCUT2D eigenvalue weighted by atomic mass is 127. The number of aromatic amines is 1. The molecule has 1 amide bonds. The van der Waals surface area contributed by atoms with Gasteiger partial charge in [0.25, 0.3) is 5.91 Å². The molecule has 0 saturated heterocycles. The number of amides is 1. The summed E-state index contributed by atoms with van der Waals surface area (Å²) in [5, 5.41) is 12.2. The highest BCUT2D eigenvalue weighted by molar-refractivity contribution is 14.1. The summed E-state index contributed by atoms with van der Waals surface area (Å²) in [6, 6.07) is 4.68. The van der Waals surface area contributed by atoms with E-state index >= 15 is 0 Å². The molecule has 0 radical (unpaired) electrons. The number of anilines is 2. The lowest BCUT2D eigenvalue weighted by Gasteiger charge is -2.13. The molecule has 1 aromatic heterocycles. The van der Waals surface area contributed by atoms with Gasteiger partial charge in [-0.2, -0.15) is 0 Å². The van der Waals surface area contributed by atoms with Gasteiger partial charge < -0.3 is 21.1 Å². The molecule has 26 heavy (non-hydrogen) atoms. The Morgan fingerprint density at radius 3 is 2.58 bits per heavy atom. The first kappa shape index (κ1) is 18.3. The minimum Gasteiger partial charge on any atom is -0.478 e. The van der Waals surface area contributed by atoms with E-state index in [9.17, 15) is 23.5 Å². The van der Waals surface area contributed by atoms with Gasteiger partial charge in [-0.1, -0.05) is 11.6 Å². The molecule has 3 rings (SSSR count). The van der Waals surface area contributed by atoms with E-state index in [2.05, 4.69) is 15.3 Å². The van der Waals surface area contributed by atoms with E-state index in [4.69, 9.17) is 17.3 Å². The average molecular weight is 493 g/mol. The van der Waals surface area contributed by atoms with Crippen LogP contribution >= 0.6 is 34.2 Å². The number of primary amides is 1. The number of benzene rings is 2. The molecule has 0 aliphatic carbocycles. The summed E-state index contributed by atoms with van der Waals surface area (Å²) in [6.45, 7) is 0. The van der Waals surface area contributed by atoms with E-state index in [0.717, 1.165) is 3.57 Å². The number of nitrogens with two attached hydrogens (primary N) is 1. The Hall–Kier alpha value is -2.47. The lowest BCUT2D eigenvalue weighted by molar-refractivity contribution is 0.0699. The minimum absolute atomic E-state index is 0.168. The second kappa shape index (κ2) is 6.68. The number of aromatic nitrogens is 2. The standard InChI is InChI=1S/C15H8ClF2IN4O3/c16-5-3-4(19)1-2-6(5)21-10-7(15(25)26)11-12(9(18)8(10)17)23-14(22-11)13(20)24/h1-3,21H,(H2,20,24)(H,22,23)(H,25,26). The zero-order chi connectivity index (χ0) is 19.2. The summed E-state index contributed by atoms with van der Waals surface area (Å²) in [5.41, 5.74) is 2.89. The highest BCUT2D eigenvalue weighted by Crippen LogP contribution is 2.35. The number of carboxylic acids is 1. The molecule has 0 atom stereocenters. The number of hydrogen-bond donors (Lipinski definition) is 4. The fourth-order valence-electron chi connectivity index (χ4n) is 2.33. The number of rotatable bonds is 4. The van der Waals surface area contributed by atoms with Crippen molar-refractivity contribution in [2.75, 3.05) is 5.32 Å². The zero-order valence-electron chi connectivity index (χ0n) is 12.5. The van der Waals surface area contributed by atoms with E-state index in [1.165, 1.54) is 6.07 Å². The normalized spacial score (nSPS) is 10.9. The van der Waals surface area contributed by atoms with Crippen LogP contribution in [0.3, 0.4) is 0 Å². The number of imidazole rings is 1. The lowest BCUT2D eigenvalue weighted by Crippen LogP contribution is -2.12. The fraction of sp³-hybridized carbons (Fsp3) is 0. The van der Waals surface area contributed by atoms with Crippen molar-refractivity contribution in [3.63, 3.8) is 0 Å². The smallest absolute Gasteiger partial charge is 0.340 e. The van der Waals surface area contributed by atoms with Crippen LogP contribution in [0.5, 0.6) is 0 Å². The third kappa shape index (κ3) is 3.05. The fourth-order valence-corrected chi connectivity index (χ4v) is 3.24. The second-order valence-electron chi connectivity index (χ2n) is 5.11. The first-order chi connectivity index (χ1) is 12.2. The monoisotopic (exact) mass is 492 g/mol. The van der Waals surface area contributed by atoms with Crippen molar-refractivity contribution >= 4 is 68.5 Å². The average Bonchev–Trinajstić information content (AvgIpc) is 2.99. The molecule has 0 saturated carbocycles. The van der Waals surface area contributed by atoms with Crippen molar-refractivity contribution < 1.29 is 23.5 Å². The molecule has 2 aromatic carbocycles. The Morgan fingerprint density at radius 2 is 2.00 bits per heavy atom. The van der Waals surface area contributed by atoms with E-state index in [0.29, 0.717) is 0 Å². The van der Waals surface area contributed by atoms with Gasteiger partial charge in [-0.25, -0.2) is 18.6 Å². The van der Waals surface area contributed by atoms with E-state index in [-0.39, 0.29) is 16.2 Å². The molecular formula is C15H8ClF2IN4O3. The van der Waals surface area contributed by atoms with Gasteiger partial charge in [0.2, 0.25) is 0 Å². The molecule has 0 fully saturated rings. The first-order valence-electron chi connectivity index (χ1n) is 6.86. The minimum atomic E-state index is -1.57. The quantitative estimate of drug-likeness (QED) is 0.415. The number of nitrogens with one attached hydrogen (secondary N) is 2. The van der Waals surface area contributed by atoms with E-state index in [1.54, 1.807) is 12.1 Å². The van der Waals surface area contributed by atoms with E-state index < -0.39 is 46.1 Å². The first-order valence-corrected chi connectivity index (χ1v) is 8.32. The molecule has 7 nitrogen and oxygen atoms in total. The van der Waals surface area contributed by atoms with Gasteiger partial charge in [0.1, 0.15) is 11.1 Å². The number of carbonyl (C=O) groups is 2. The van der Waals surface area contributed by atoms with Crippen molar-refractivity contribution in [1.82, 2.24) is 9.97 Å². The Labute approximate surface area is 162 Å². The van der Waals surface area contributed by atoms with Crippen LogP contribution in [-0.4, -0.2) is 27.0 Å². The summed E-state index contributed by atoms with van der Waals surface area (Å²) in [4.78, 5) is 28.8. The summed E-state index contributed by atoms with van der Waals surface area (Å²) in [7, 11) is 0. The van der Waals surface area contributed by atoms with Crippen molar-refractivity contribution in [1.29, 1.82) is 0 Å². The number of halogens is 4. The van der Waals surface area contributed by atoms with Crippen LogP contribution in [0.2, 0.25) is 5.02 Å². The van der Waals surface area contributed by atoms with Crippen LogP contribution in [0, 0.1) is 15.2 Å². The van der Waals surface area contributed by atoms with Crippen LogP contribution in [0.1, 0.15) is 21.0 Å². The Kier molecular flexibility index (Phi) is 4.71. The highest BCUT2D eigenvalue weighted by Gasteiger charge is 2.28. The molecule has 0 bridgehead atoms. The molecule has 5 N–H and O–H groups in total. The van der Waals surface area contributed by atoms with Crippen molar-refractivity contribution in [3.8, 4) is 0 Å². The van der Waals surface area contributed by atoms with Crippen LogP contribution in [0.4, 0.5) is 20.2 Å². The number of fused-ring (bicyclic) bond motifs is 1. The third-order valence-corrected chi connectivity index (χ3v) is 4.45. The number of aromatic carboxylic acids is 1. The second-order valence-corrected chi connectivity index (χ2v) is 6.76. The lowest BCUT2D eigenvalue weighted by atomic mass is 10.1. The van der Waals surface area contributed by atoms with Gasteiger partial charge in [-0.3, -0.25) is 4.79 Å². The van der Waals surface area contributed by atoms with Crippen LogP contribution in [0.15, 0.2) is 18.2 Å². The molecule has 0 spiro atoms. The largest absolute Gasteiger partial charge is 0.478 e. The molecule has 0 aliphatic heterocycles. The van der Waals surface area contributed by atoms with Gasteiger partial charge in [0, 0.05) is 3.57 Å². The molecule has 11 heteroatoms. The number of carboxylic acid groups (broad SMARTS) is 1. The van der Waals surface area contributed by atoms with Crippen molar-refractivity contribution in [2.24, 2.45) is 5.73 Å². The predicted molar refractivity (Wildman–Crippen MR) is 98.9 cm³/mol. The molecule has 0 aliphatic rings. The number of H-pyrrole nitrogens is 1. The van der Waals surface area contributed by atoms with Gasteiger partial charge in [0.05, 0.1) is 21.9 Å². The summed E-state index contributed by atoms with van der Waals surface area (Å²) < 4.78 is 29.7. The third-order valence-electron chi connectivity index (χ3n) is 3.46. The van der Waals surface area contributed by atoms with Gasteiger partial charge in [-0.05, 0) is 40.8 Å². The van der Waals surface area contributed by atoms with Gasteiger partial charge >= 0.3 is 5.97 Å². The Balaban J connectivity index is 2.30. The number of nitrogens with zero attached hydrogens (tertiary/aromatic N) is 1. The van der Waals surface area contributed by atoms with Crippen LogP contribution in [-0.2, 0) is 0 Å². The van der Waals surface area contributed by atoms with Crippen LogP contribution in [0.25, 0.3) is 11.0 Å². The Morgan fingerprint density at radius 1 is 1.31 bits per heavy atom. The van der Waals surface area contributed by atoms with Gasteiger partial charge in [-0.15, -0.1) is 0 Å². The molecule has 3 aromatic rings. The van der Waals surface area contributed by atoms with Crippen molar-refractivity contribution in [3.05, 3.63) is 49.8 Å². The maximum absolute atomic E-state index is 14.5.